The lowest BCUT2D eigenvalue weighted by Gasteiger charge is -2.29. The van der Waals surface area contributed by atoms with Crippen molar-refractivity contribution in [3.05, 3.63) is 65.7 Å². The van der Waals surface area contributed by atoms with Crippen LogP contribution < -0.4 is 5.32 Å². The summed E-state index contributed by atoms with van der Waals surface area (Å²) in [5.74, 6) is 0.597. The third kappa shape index (κ3) is 3.10. The molecular formula is C22H27NO. The highest BCUT2D eigenvalue weighted by atomic mass is 16.2. The van der Waals surface area contributed by atoms with E-state index in [0.717, 1.165) is 43.4 Å². The molecule has 0 heterocycles. The summed E-state index contributed by atoms with van der Waals surface area (Å²) >= 11 is 0. The Bertz CT molecular complexity index is 686. The summed E-state index contributed by atoms with van der Waals surface area (Å²) in [6, 6.07) is 18.5. The minimum absolute atomic E-state index is 0.155. The van der Waals surface area contributed by atoms with Crippen LogP contribution in [0.3, 0.4) is 0 Å². The molecule has 0 saturated heterocycles. The van der Waals surface area contributed by atoms with Crippen LogP contribution >= 0.6 is 0 Å². The first-order valence-electron chi connectivity index (χ1n) is 9.13. The second-order valence-electron chi connectivity index (χ2n) is 7.01. The first-order valence-corrected chi connectivity index (χ1v) is 9.13. The smallest absolute Gasteiger partial charge is 0.235 e. The molecular weight excluding hydrogens is 294 g/mol. The SMILES string of the molecule is CC[C@H](C)c1ccccc1NC(=O)C1(c2ccccc2)CCCC1. The second-order valence-corrected chi connectivity index (χ2v) is 7.01. The lowest BCUT2D eigenvalue weighted by atomic mass is 9.78. The zero-order valence-corrected chi connectivity index (χ0v) is 14.7. The topological polar surface area (TPSA) is 29.1 Å². The van der Waals surface area contributed by atoms with Crippen LogP contribution in [0.25, 0.3) is 0 Å². The molecule has 0 unspecified atom stereocenters. The normalized spacial score (nSPS) is 17.4. The second kappa shape index (κ2) is 7.21. The van der Waals surface area contributed by atoms with Gasteiger partial charge in [0.05, 0.1) is 5.41 Å². The molecule has 1 aliphatic rings. The molecule has 2 aromatic carbocycles. The Morgan fingerprint density at radius 1 is 1.04 bits per heavy atom. The van der Waals surface area contributed by atoms with Gasteiger partial charge in [-0.05, 0) is 42.4 Å². The van der Waals surface area contributed by atoms with Gasteiger partial charge in [-0.2, -0.15) is 0 Å². The number of carbonyl (C=O) groups excluding carboxylic acids is 1. The number of hydrogen-bond donors (Lipinski definition) is 1. The van der Waals surface area contributed by atoms with Crippen LogP contribution in [0.2, 0.25) is 0 Å². The molecule has 1 saturated carbocycles. The fraction of sp³-hybridized carbons (Fsp3) is 0.409. The summed E-state index contributed by atoms with van der Waals surface area (Å²) in [6.07, 6.45) is 5.18. The van der Waals surface area contributed by atoms with E-state index in [1.807, 2.05) is 30.3 Å². The first kappa shape index (κ1) is 16.8. The van der Waals surface area contributed by atoms with Crippen molar-refractivity contribution >= 4 is 11.6 Å². The Labute approximate surface area is 145 Å². The minimum Gasteiger partial charge on any atom is -0.325 e. The van der Waals surface area contributed by atoms with Gasteiger partial charge >= 0.3 is 0 Å². The molecule has 0 spiro atoms. The Kier molecular flexibility index (Phi) is 5.03. The maximum Gasteiger partial charge on any atom is 0.235 e. The Morgan fingerprint density at radius 3 is 2.33 bits per heavy atom. The summed E-state index contributed by atoms with van der Waals surface area (Å²) in [5.41, 5.74) is 2.98. The third-order valence-corrected chi connectivity index (χ3v) is 5.57. The highest BCUT2D eigenvalue weighted by Gasteiger charge is 2.42. The maximum absolute atomic E-state index is 13.3. The van der Waals surface area contributed by atoms with Crippen LogP contribution in [0, 0.1) is 0 Å². The van der Waals surface area contributed by atoms with Gasteiger partial charge in [0, 0.05) is 5.69 Å². The van der Waals surface area contributed by atoms with Crippen LogP contribution in [-0.4, -0.2) is 5.91 Å². The summed E-state index contributed by atoms with van der Waals surface area (Å²) in [7, 11) is 0. The zero-order valence-electron chi connectivity index (χ0n) is 14.7. The average Bonchev–Trinajstić information content (AvgIpc) is 3.13. The number of hydrogen-bond acceptors (Lipinski definition) is 1. The maximum atomic E-state index is 13.3. The zero-order chi connectivity index (χ0) is 17.0. The standard InChI is InChI=1S/C22H27NO/c1-3-17(2)19-13-7-8-14-20(19)23-21(24)22(15-9-10-16-22)18-11-5-4-6-12-18/h4-8,11-14,17H,3,9-10,15-16H2,1-2H3,(H,23,24)/t17-/m0/s1. The molecule has 0 bridgehead atoms. The van der Waals surface area contributed by atoms with Crippen molar-refractivity contribution in [1.82, 2.24) is 0 Å². The molecule has 0 radical (unpaired) electrons. The molecule has 0 aromatic heterocycles. The fourth-order valence-corrected chi connectivity index (χ4v) is 3.89. The van der Waals surface area contributed by atoms with Crippen molar-refractivity contribution in [3.8, 4) is 0 Å². The van der Waals surface area contributed by atoms with Crippen LogP contribution in [0.5, 0.6) is 0 Å². The van der Waals surface area contributed by atoms with E-state index in [-0.39, 0.29) is 11.3 Å². The summed E-state index contributed by atoms with van der Waals surface area (Å²) in [4.78, 5) is 13.3. The number of nitrogens with one attached hydrogen (secondary N) is 1. The molecule has 2 nitrogen and oxygen atoms in total. The average molecular weight is 321 g/mol. The quantitative estimate of drug-likeness (QED) is 0.757. The van der Waals surface area contributed by atoms with Crippen LogP contribution in [0.1, 0.15) is 63.0 Å². The number of anilines is 1. The summed E-state index contributed by atoms with van der Waals surface area (Å²) in [5, 5.41) is 3.27. The van der Waals surface area contributed by atoms with Crippen molar-refractivity contribution in [1.29, 1.82) is 0 Å². The Balaban J connectivity index is 1.91. The molecule has 2 aromatic rings. The van der Waals surface area contributed by atoms with Gasteiger partial charge in [-0.1, -0.05) is 75.2 Å². The predicted octanol–water partition coefficient (Wildman–Crippen LogP) is 5.65. The Morgan fingerprint density at radius 2 is 1.67 bits per heavy atom. The summed E-state index contributed by atoms with van der Waals surface area (Å²) < 4.78 is 0. The van der Waals surface area contributed by atoms with E-state index in [2.05, 4.69) is 43.4 Å². The lowest BCUT2D eigenvalue weighted by molar-refractivity contribution is -0.121. The van der Waals surface area contributed by atoms with E-state index < -0.39 is 0 Å². The number of amides is 1. The van der Waals surface area contributed by atoms with Crippen molar-refractivity contribution in [3.63, 3.8) is 0 Å². The van der Waals surface area contributed by atoms with Gasteiger partial charge in [0.2, 0.25) is 5.91 Å². The van der Waals surface area contributed by atoms with E-state index in [4.69, 9.17) is 0 Å². The number of benzene rings is 2. The molecule has 3 rings (SSSR count). The first-order chi connectivity index (χ1) is 11.7. The van der Waals surface area contributed by atoms with Crippen molar-refractivity contribution < 1.29 is 4.79 Å². The van der Waals surface area contributed by atoms with E-state index >= 15 is 0 Å². The number of carbonyl (C=O) groups is 1. The van der Waals surface area contributed by atoms with Crippen LogP contribution in [0.15, 0.2) is 54.6 Å². The van der Waals surface area contributed by atoms with Gasteiger partial charge in [0.15, 0.2) is 0 Å². The molecule has 1 atom stereocenters. The van der Waals surface area contributed by atoms with Gasteiger partial charge in [-0.3, -0.25) is 4.79 Å². The monoisotopic (exact) mass is 321 g/mol. The number of rotatable bonds is 5. The van der Waals surface area contributed by atoms with E-state index in [1.165, 1.54) is 5.56 Å². The highest BCUT2D eigenvalue weighted by Crippen LogP contribution is 2.42. The fourth-order valence-electron chi connectivity index (χ4n) is 3.89. The van der Waals surface area contributed by atoms with Gasteiger partial charge in [-0.25, -0.2) is 0 Å². The Hall–Kier alpha value is -2.09. The van der Waals surface area contributed by atoms with E-state index in [0.29, 0.717) is 5.92 Å². The predicted molar refractivity (Wildman–Crippen MR) is 100 cm³/mol. The lowest BCUT2D eigenvalue weighted by Crippen LogP contribution is -2.38. The summed E-state index contributed by atoms with van der Waals surface area (Å²) in [6.45, 7) is 4.40. The van der Waals surface area contributed by atoms with Crippen molar-refractivity contribution in [2.24, 2.45) is 0 Å². The van der Waals surface area contributed by atoms with Gasteiger partial charge < -0.3 is 5.32 Å². The molecule has 0 aliphatic heterocycles. The van der Waals surface area contributed by atoms with E-state index in [9.17, 15) is 4.79 Å². The van der Waals surface area contributed by atoms with Crippen molar-refractivity contribution in [2.45, 2.75) is 57.3 Å². The molecule has 1 aliphatic carbocycles. The third-order valence-electron chi connectivity index (χ3n) is 5.57. The minimum atomic E-state index is -0.371. The van der Waals surface area contributed by atoms with E-state index in [1.54, 1.807) is 0 Å². The van der Waals surface area contributed by atoms with Crippen LogP contribution in [0.4, 0.5) is 5.69 Å². The van der Waals surface area contributed by atoms with Crippen LogP contribution in [-0.2, 0) is 10.2 Å². The van der Waals surface area contributed by atoms with Crippen molar-refractivity contribution in [2.75, 3.05) is 5.32 Å². The van der Waals surface area contributed by atoms with Gasteiger partial charge in [-0.15, -0.1) is 0 Å². The highest BCUT2D eigenvalue weighted by molar-refractivity contribution is 6.00. The van der Waals surface area contributed by atoms with Gasteiger partial charge in [0.1, 0.15) is 0 Å². The molecule has 1 N–H and O–H groups in total. The molecule has 24 heavy (non-hydrogen) atoms. The number of para-hydroxylation sites is 1. The molecule has 1 fully saturated rings. The molecule has 1 amide bonds. The molecule has 2 heteroatoms. The largest absolute Gasteiger partial charge is 0.325 e. The van der Waals surface area contributed by atoms with Gasteiger partial charge in [0.25, 0.3) is 0 Å². The molecule has 126 valence electrons.